The van der Waals surface area contributed by atoms with Gasteiger partial charge in [0, 0.05) is 48.6 Å². The van der Waals surface area contributed by atoms with Crippen molar-refractivity contribution in [3.8, 4) is 22.9 Å². The van der Waals surface area contributed by atoms with Crippen LogP contribution in [0.25, 0.3) is 16.8 Å². The molecule has 1 aromatic heterocycles. The molecular weight excluding hydrogens is 385 g/mol. The van der Waals surface area contributed by atoms with E-state index in [9.17, 15) is 5.11 Å². The van der Waals surface area contributed by atoms with Crippen molar-refractivity contribution in [2.75, 3.05) is 13.6 Å². The van der Waals surface area contributed by atoms with Gasteiger partial charge in [-0.1, -0.05) is 6.07 Å². The minimum Gasteiger partial charge on any atom is -0.507 e. The maximum atomic E-state index is 15.5. The molecule has 2 aromatic rings. The average molecular weight is 411 g/mol. The molecular formula is C22H26FN5O2. The first-order chi connectivity index (χ1) is 14.4. The Morgan fingerprint density at radius 3 is 2.87 bits per heavy atom. The van der Waals surface area contributed by atoms with E-state index in [1.165, 1.54) is 12.3 Å². The third kappa shape index (κ3) is 3.75. The van der Waals surface area contributed by atoms with Crippen LogP contribution in [-0.4, -0.2) is 57.8 Å². The second-order valence-corrected chi connectivity index (χ2v) is 8.09. The fraction of sp³-hybridized carbons (Fsp3) is 0.409. The summed E-state index contributed by atoms with van der Waals surface area (Å²) in [4.78, 5) is 2.10. The number of nitrogens with zero attached hydrogens (tertiary/aromatic N) is 3. The Morgan fingerprint density at radius 2 is 2.20 bits per heavy atom. The van der Waals surface area contributed by atoms with Crippen LogP contribution >= 0.6 is 0 Å². The topological polar surface area (TPSA) is 108 Å². The van der Waals surface area contributed by atoms with Crippen LogP contribution in [0.2, 0.25) is 0 Å². The van der Waals surface area contributed by atoms with E-state index < -0.39 is 11.8 Å². The first-order valence-electron chi connectivity index (χ1n) is 10.1. The highest BCUT2D eigenvalue weighted by atomic mass is 19.1. The number of allylic oxidation sites excluding steroid dienone is 1. The molecule has 1 unspecified atom stereocenters. The lowest BCUT2D eigenvalue weighted by molar-refractivity contribution is -0.0607. The third-order valence-electron chi connectivity index (χ3n) is 6.17. The molecule has 8 heteroatoms. The molecule has 4 N–H and O–H groups in total. The van der Waals surface area contributed by atoms with E-state index >= 15 is 4.39 Å². The van der Waals surface area contributed by atoms with Crippen LogP contribution in [-0.2, 0) is 0 Å². The summed E-state index contributed by atoms with van der Waals surface area (Å²) in [5.41, 5.74) is 6.21. The Labute approximate surface area is 174 Å². The summed E-state index contributed by atoms with van der Waals surface area (Å²) < 4.78 is 21.4. The second kappa shape index (κ2) is 8.02. The van der Waals surface area contributed by atoms with E-state index in [0.717, 1.165) is 19.1 Å². The van der Waals surface area contributed by atoms with Gasteiger partial charge in [0.05, 0.1) is 5.69 Å². The fourth-order valence-electron chi connectivity index (χ4n) is 4.48. The fourth-order valence-corrected chi connectivity index (χ4v) is 4.48. The number of alkyl halides is 1. The maximum Gasteiger partial charge on any atom is 0.233 e. The van der Waals surface area contributed by atoms with Crippen LogP contribution in [0.5, 0.6) is 11.6 Å². The van der Waals surface area contributed by atoms with Gasteiger partial charge >= 0.3 is 0 Å². The highest BCUT2D eigenvalue weighted by Gasteiger charge is 2.50. The van der Waals surface area contributed by atoms with Gasteiger partial charge in [-0.2, -0.15) is 0 Å². The molecule has 5 rings (SSSR count). The molecule has 3 aliphatic rings. The van der Waals surface area contributed by atoms with Gasteiger partial charge < -0.3 is 21.0 Å². The van der Waals surface area contributed by atoms with E-state index in [0.29, 0.717) is 47.8 Å². The largest absolute Gasteiger partial charge is 0.507 e. The van der Waals surface area contributed by atoms with E-state index in [-0.39, 0.29) is 11.6 Å². The van der Waals surface area contributed by atoms with Crippen LogP contribution in [0.15, 0.2) is 36.5 Å². The molecule has 1 aliphatic carbocycles. The number of rotatable bonds is 5. The van der Waals surface area contributed by atoms with Crippen molar-refractivity contribution < 1.29 is 14.2 Å². The Balaban J connectivity index is 1.52. The number of phenols is 1. The number of hydrogen-bond donors (Lipinski definition) is 3. The molecule has 0 spiro atoms. The van der Waals surface area contributed by atoms with E-state index in [1.54, 1.807) is 24.3 Å². The number of ether oxygens (including phenoxy) is 1. The summed E-state index contributed by atoms with van der Waals surface area (Å²) in [5.74, 6) is 0.285. The molecule has 1 saturated carbocycles. The van der Waals surface area contributed by atoms with Gasteiger partial charge in [-0.15, -0.1) is 10.2 Å². The lowest BCUT2D eigenvalue weighted by atomic mass is 9.88. The van der Waals surface area contributed by atoms with Crippen molar-refractivity contribution in [3.05, 3.63) is 42.1 Å². The Morgan fingerprint density at radius 1 is 1.37 bits per heavy atom. The van der Waals surface area contributed by atoms with Crippen molar-refractivity contribution in [2.45, 2.75) is 43.5 Å². The normalized spacial score (nSPS) is 26.9. The first-order valence-corrected chi connectivity index (χ1v) is 10.1. The number of phenolic OH excluding ortho intramolecular Hbond substituents is 1. The maximum absolute atomic E-state index is 15.5. The van der Waals surface area contributed by atoms with Gasteiger partial charge in [0.1, 0.15) is 11.9 Å². The predicted molar refractivity (Wildman–Crippen MR) is 113 cm³/mol. The molecule has 2 bridgehead atoms. The summed E-state index contributed by atoms with van der Waals surface area (Å²) in [5, 5.41) is 26.0. The Kier molecular flexibility index (Phi) is 5.42. The molecule has 3 heterocycles. The molecule has 3 fully saturated rings. The summed E-state index contributed by atoms with van der Waals surface area (Å²) in [6.45, 7) is 0.378. The van der Waals surface area contributed by atoms with Gasteiger partial charge in [0.15, 0.2) is 5.67 Å². The quantitative estimate of drug-likeness (QED) is 0.653. The number of aromatic nitrogens is 2. The monoisotopic (exact) mass is 411 g/mol. The number of piperidine rings is 1. The molecule has 158 valence electrons. The minimum atomic E-state index is -1.38. The van der Waals surface area contributed by atoms with E-state index in [2.05, 4.69) is 15.1 Å². The molecule has 0 radical (unpaired) electrons. The first kappa shape index (κ1) is 20.3. The average Bonchev–Trinajstić information content (AvgIpc) is 2.97. The molecule has 2 aliphatic heterocycles. The van der Waals surface area contributed by atoms with Crippen LogP contribution in [0.3, 0.4) is 0 Å². The number of hydrogen-bond acceptors (Lipinski definition) is 7. The van der Waals surface area contributed by atoms with Crippen molar-refractivity contribution in [2.24, 2.45) is 5.73 Å². The Bertz CT molecular complexity index is 965. The van der Waals surface area contributed by atoms with Gasteiger partial charge in [-0.05, 0) is 50.1 Å². The summed E-state index contributed by atoms with van der Waals surface area (Å²) >= 11 is 0. The van der Waals surface area contributed by atoms with Gasteiger partial charge in [0.2, 0.25) is 5.88 Å². The predicted octanol–water partition coefficient (Wildman–Crippen LogP) is 3.14. The number of nitrogens with two attached hydrogens (primary N) is 1. The highest BCUT2D eigenvalue weighted by Crippen LogP contribution is 2.40. The number of halogens is 1. The summed E-state index contributed by atoms with van der Waals surface area (Å²) in [6, 6.07) is 8.65. The zero-order valence-electron chi connectivity index (χ0n) is 16.9. The van der Waals surface area contributed by atoms with Crippen molar-refractivity contribution in [1.29, 1.82) is 5.41 Å². The molecule has 3 atom stereocenters. The van der Waals surface area contributed by atoms with Gasteiger partial charge in [-0.25, -0.2) is 4.39 Å². The lowest BCUT2D eigenvalue weighted by Crippen LogP contribution is -2.56. The second-order valence-electron chi connectivity index (χ2n) is 8.09. The van der Waals surface area contributed by atoms with Crippen molar-refractivity contribution in [3.63, 3.8) is 0 Å². The number of nitrogens with one attached hydrogen (secondary N) is 1. The summed E-state index contributed by atoms with van der Waals surface area (Å²) in [7, 11) is 1.97. The molecule has 30 heavy (non-hydrogen) atoms. The smallest absolute Gasteiger partial charge is 0.233 e. The third-order valence-corrected chi connectivity index (χ3v) is 6.17. The zero-order valence-corrected chi connectivity index (χ0v) is 16.9. The number of benzene rings is 1. The summed E-state index contributed by atoms with van der Waals surface area (Å²) in [6.07, 6.45) is 4.89. The standard InChI is InChI=1S/C22H26FN5O2/c1-28-13-22(23)8-2-3-16(28)10-20(22)30-21-7-6-18(26-27-21)17-5-4-14(9-19(17)29)15(11-24)12-25/h4-7,9,11-12,16,20,24,29H,2-3,8,10,13,25H2,1H3/b15-12+,24-11?/t16?,20-,22+/m0/s1. The van der Waals surface area contributed by atoms with Crippen molar-refractivity contribution >= 4 is 11.8 Å². The van der Waals surface area contributed by atoms with Crippen LogP contribution in [0, 0.1) is 5.41 Å². The van der Waals surface area contributed by atoms with Crippen LogP contribution in [0.4, 0.5) is 4.39 Å². The lowest BCUT2D eigenvalue weighted by Gasteiger charge is -2.42. The molecule has 0 amide bonds. The van der Waals surface area contributed by atoms with Gasteiger partial charge in [-0.3, -0.25) is 4.90 Å². The van der Waals surface area contributed by atoms with Crippen LogP contribution in [0.1, 0.15) is 31.2 Å². The molecule has 7 nitrogen and oxygen atoms in total. The van der Waals surface area contributed by atoms with E-state index in [1.807, 2.05) is 7.05 Å². The number of fused-ring (bicyclic) bond motifs is 4. The number of aromatic hydroxyl groups is 1. The minimum absolute atomic E-state index is 0.00324. The van der Waals surface area contributed by atoms with Crippen LogP contribution < -0.4 is 10.5 Å². The SMILES string of the molecule is CN1C[C@]2(F)CCCC1C[C@@H]2Oc1ccc(-c2ccc(/C(C=N)=C/N)cc2O)nn1. The zero-order chi connectivity index (χ0) is 21.3. The Hall–Kier alpha value is -3.00. The van der Waals surface area contributed by atoms with E-state index in [4.69, 9.17) is 15.9 Å². The molecule has 1 aromatic carbocycles. The highest BCUT2D eigenvalue weighted by molar-refractivity contribution is 6.08. The van der Waals surface area contributed by atoms with Gasteiger partial charge in [0.25, 0.3) is 0 Å². The van der Waals surface area contributed by atoms with Crippen molar-refractivity contribution in [1.82, 2.24) is 15.1 Å². The molecule has 2 saturated heterocycles.